The second kappa shape index (κ2) is 4.32. The van der Waals surface area contributed by atoms with Crippen LogP contribution in [0.1, 0.15) is 46.5 Å². The highest BCUT2D eigenvalue weighted by Crippen LogP contribution is 2.37. The van der Waals surface area contributed by atoms with Gasteiger partial charge in [0.25, 0.3) is 0 Å². The summed E-state index contributed by atoms with van der Waals surface area (Å²) in [5.41, 5.74) is 0.287. The van der Waals surface area contributed by atoms with Gasteiger partial charge in [-0.25, -0.2) is 0 Å². The molecule has 0 aromatic heterocycles. The zero-order valence-corrected chi connectivity index (χ0v) is 9.62. The number of alkyl halides is 3. The van der Waals surface area contributed by atoms with Crippen molar-refractivity contribution in [3.05, 3.63) is 0 Å². The Hall–Kier alpha value is -0.250. The third kappa shape index (κ3) is 4.87. The SMILES string of the molecule is CC(CC(F)(F)F)NC1CCC(C)(C)C1. The van der Waals surface area contributed by atoms with Crippen LogP contribution < -0.4 is 5.32 Å². The molecule has 0 aliphatic heterocycles. The van der Waals surface area contributed by atoms with E-state index in [2.05, 4.69) is 19.2 Å². The summed E-state index contributed by atoms with van der Waals surface area (Å²) in [5.74, 6) is 0. The standard InChI is InChI=1S/C11H20F3N/c1-8(6-11(12,13)14)15-9-4-5-10(2,3)7-9/h8-9,15H,4-7H2,1-3H3. The normalized spacial score (nSPS) is 28.0. The lowest BCUT2D eigenvalue weighted by Crippen LogP contribution is -2.38. The van der Waals surface area contributed by atoms with Crippen molar-refractivity contribution >= 4 is 0 Å². The smallest absolute Gasteiger partial charge is 0.311 e. The third-order valence-electron chi connectivity index (χ3n) is 3.03. The Kier molecular flexibility index (Phi) is 3.69. The predicted molar refractivity (Wildman–Crippen MR) is 54.7 cm³/mol. The first kappa shape index (κ1) is 12.8. The summed E-state index contributed by atoms with van der Waals surface area (Å²) in [6.45, 7) is 5.95. The maximum absolute atomic E-state index is 12.1. The number of hydrogen-bond donors (Lipinski definition) is 1. The molecule has 0 spiro atoms. The van der Waals surface area contributed by atoms with E-state index >= 15 is 0 Å². The van der Waals surface area contributed by atoms with E-state index in [0.717, 1.165) is 19.3 Å². The lowest BCUT2D eigenvalue weighted by molar-refractivity contribution is -0.139. The molecule has 0 radical (unpaired) electrons. The number of halogens is 3. The largest absolute Gasteiger partial charge is 0.390 e. The summed E-state index contributed by atoms with van der Waals surface area (Å²) in [4.78, 5) is 0. The van der Waals surface area contributed by atoms with Crippen LogP contribution in [0.5, 0.6) is 0 Å². The van der Waals surface area contributed by atoms with Crippen LogP contribution in [0.25, 0.3) is 0 Å². The first-order chi connectivity index (χ1) is 6.68. The quantitative estimate of drug-likeness (QED) is 0.772. The second-order valence-corrected chi connectivity index (χ2v) is 5.49. The molecule has 1 fully saturated rings. The lowest BCUT2D eigenvalue weighted by atomic mass is 9.92. The van der Waals surface area contributed by atoms with Crippen molar-refractivity contribution in [2.75, 3.05) is 0 Å². The van der Waals surface area contributed by atoms with Crippen LogP contribution in [0.3, 0.4) is 0 Å². The van der Waals surface area contributed by atoms with Gasteiger partial charge in [-0.1, -0.05) is 13.8 Å². The highest BCUT2D eigenvalue weighted by molar-refractivity contribution is 4.87. The van der Waals surface area contributed by atoms with Crippen LogP contribution in [-0.4, -0.2) is 18.3 Å². The van der Waals surface area contributed by atoms with E-state index < -0.39 is 18.6 Å². The van der Waals surface area contributed by atoms with E-state index in [1.54, 1.807) is 6.92 Å². The first-order valence-electron chi connectivity index (χ1n) is 5.51. The molecular weight excluding hydrogens is 203 g/mol. The summed E-state index contributed by atoms with van der Waals surface area (Å²) in [6, 6.07) is -0.207. The van der Waals surface area contributed by atoms with Crippen LogP contribution in [-0.2, 0) is 0 Å². The molecule has 1 rings (SSSR count). The fourth-order valence-corrected chi connectivity index (χ4v) is 2.39. The zero-order chi connectivity index (χ0) is 11.7. The van der Waals surface area contributed by atoms with Crippen molar-refractivity contribution in [2.45, 2.75) is 64.7 Å². The molecule has 1 N–H and O–H groups in total. The Bertz CT molecular complexity index is 210. The minimum absolute atomic E-state index is 0.261. The molecule has 1 aliphatic carbocycles. The van der Waals surface area contributed by atoms with Gasteiger partial charge in [-0.15, -0.1) is 0 Å². The predicted octanol–water partition coefficient (Wildman–Crippen LogP) is 3.50. The Morgan fingerprint density at radius 2 is 2.00 bits per heavy atom. The topological polar surface area (TPSA) is 12.0 Å². The highest BCUT2D eigenvalue weighted by Gasteiger charge is 2.34. The summed E-state index contributed by atoms with van der Waals surface area (Å²) in [6.07, 6.45) is -1.71. The van der Waals surface area contributed by atoms with Crippen molar-refractivity contribution in [3.8, 4) is 0 Å². The summed E-state index contributed by atoms with van der Waals surface area (Å²) >= 11 is 0. The van der Waals surface area contributed by atoms with Gasteiger partial charge in [-0.05, 0) is 31.6 Å². The molecule has 4 heteroatoms. The average Bonchev–Trinajstić information content (AvgIpc) is 2.25. The summed E-state index contributed by atoms with van der Waals surface area (Å²) in [5, 5.41) is 3.07. The zero-order valence-electron chi connectivity index (χ0n) is 9.62. The molecule has 1 aliphatic rings. The van der Waals surface area contributed by atoms with Gasteiger partial charge >= 0.3 is 6.18 Å². The fourth-order valence-electron chi connectivity index (χ4n) is 2.39. The molecule has 90 valence electrons. The van der Waals surface area contributed by atoms with Crippen LogP contribution in [0, 0.1) is 5.41 Å². The van der Waals surface area contributed by atoms with Crippen LogP contribution in [0.4, 0.5) is 13.2 Å². The molecule has 0 heterocycles. The molecule has 0 aromatic rings. The monoisotopic (exact) mass is 223 g/mol. The minimum atomic E-state index is -4.06. The van der Waals surface area contributed by atoms with Gasteiger partial charge in [0, 0.05) is 12.1 Å². The van der Waals surface area contributed by atoms with Gasteiger partial charge < -0.3 is 5.32 Å². The third-order valence-corrected chi connectivity index (χ3v) is 3.03. The second-order valence-electron chi connectivity index (χ2n) is 5.49. The van der Waals surface area contributed by atoms with Gasteiger partial charge in [0.1, 0.15) is 0 Å². The molecule has 0 amide bonds. The Balaban J connectivity index is 2.31. The molecule has 2 unspecified atom stereocenters. The summed E-state index contributed by atoms with van der Waals surface area (Å²) in [7, 11) is 0. The van der Waals surface area contributed by atoms with E-state index in [0.29, 0.717) is 0 Å². The average molecular weight is 223 g/mol. The number of rotatable bonds is 3. The van der Waals surface area contributed by atoms with E-state index in [4.69, 9.17) is 0 Å². The Labute approximate surface area is 89.4 Å². The van der Waals surface area contributed by atoms with Gasteiger partial charge in [0.05, 0.1) is 6.42 Å². The van der Waals surface area contributed by atoms with E-state index in [1.807, 2.05) is 0 Å². The highest BCUT2D eigenvalue weighted by atomic mass is 19.4. The van der Waals surface area contributed by atoms with Crippen molar-refractivity contribution in [3.63, 3.8) is 0 Å². The maximum atomic E-state index is 12.1. The van der Waals surface area contributed by atoms with E-state index in [-0.39, 0.29) is 11.5 Å². The van der Waals surface area contributed by atoms with E-state index in [1.165, 1.54) is 0 Å². The Morgan fingerprint density at radius 1 is 1.40 bits per heavy atom. The first-order valence-corrected chi connectivity index (χ1v) is 5.51. The van der Waals surface area contributed by atoms with Gasteiger partial charge in [0.15, 0.2) is 0 Å². The Morgan fingerprint density at radius 3 is 2.40 bits per heavy atom. The molecule has 0 saturated heterocycles. The molecule has 2 atom stereocenters. The molecule has 15 heavy (non-hydrogen) atoms. The molecule has 1 saturated carbocycles. The van der Waals surface area contributed by atoms with Crippen LogP contribution >= 0.6 is 0 Å². The lowest BCUT2D eigenvalue weighted by Gasteiger charge is -2.22. The van der Waals surface area contributed by atoms with Gasteiger partial charge in [0.2, 0.25) is 0 Å². The van der Waals surface area contributed by atoms with Crippen LogP contribution in [0.2, 0.25) is 0 Å². The minimum Gasteiger partial charge on any atom is -0.311 e. The van der Waals surface area contributed by atoms with Crippen molar-refractivity contribution in [1.82, 2.24) is 5.32 Å². The van der Waals surface area contributed by atoms with Gasteiger partial charge in [-0.2, -0.15) is 13.2 Å². The number of hydrogen-bond acceptors (Lipinski definition) is 1. The molecule has 0 bridgehead atoms. The van der Waals surface area contributed by atoms with Crippen LogP contribution in [0.15, 0.2) is 0 Å². The maximum Gasteiger partial charge on any atom is 0.390 e. The fraction of sp³-hybridized carbons (Fsp3) is 1.00. The summed E-state index contributed by atoms with van der Waals surface area (Å²) < 4.78 is 36.3. The molecule has 1 nitrogen and oxygen atoms in total. The van der Waals surface area contributed by atoms with E-state index in [9.17, 15) is 13.2 Å². The molecule has 0 aromatic carbocycles. The van der Waals surface area contributed by atoms with Gasteiger partial charge in [-0.3, -0.25) is 0 Å². The van der Waals surface area contributed by atoms with Crippen molar-refractivity contribution in [2.24, 2.45) is 5.41 Å². The molecular formula is C11H20F3N. The van der Waals surface area contributed by atoms with Crippen molar-refractivity contribution in [1.29, 1.82) is 0 Å². The van der Waals surface area contributed by atoms with Crippen molar-refractivity contribution < 1.29 is 13.2 Å². The number of nitrogens with one attached hydrogen (secondary N) is 1.